The normalized spacial score (nSPS) is 31.3. The van der Waals surface area contributed by atoms with Gasteiger partial charge in [0.05, 0.1) is 0 Å². The lowest BCUT2D eigenvalue weighted by atomic mass is 9.50. The van der Waals surface area contributed by atoms with E-state index in [2.05, 4.69) is 52.5 Å². The van der Waals surface area contributed by atoms with E-state index >= 15 is 0 Å². The van der Waals surface area contributed by atoms with Crippen LogP contribution in [0.3, 0.4) is 0 Å². The zero-order valence-electron chi connectivity index (χ0n) is 13.6. The van der Waals surface area contributed by atoms with Gasteiger partial charge < -0.3 is 0 Å². The fourth-order valence-electron chi connectivity index (χ4n) is 5.08. The van der Waals surface area contributed by atoms with Gasteiger partial charge in [0.15, 0.2) is 0 Å². The number of hydrogen-bond donors (Lipinski definition) is 0. The van der Waals surface area contributed by atoms with Crippen molar-refractivity contribution in [2.75, 3.05) is 0 Å². The van der Waals surface area contributed by atoms with E-state index in [1.165, 1.54) is 43.2 Å². The summed E-state index contributed by atoms with van der Waals surface area (Å²) in [7, 11) is 0. The quantitative estimate of drug-likeness (QED) is 0.608. The van der Waals surface area contributed by atoms with E-state index in [9.17, 15) is 0 Å². The van der Waals surface area contributed by atoms with Crippen molar-refractivity contribution in [3.05, 3.63) is 41.5 Å². The molecule has 0 spiro atoms. The van der Waals surface area contributed by atoms with Crippen LogP contribution in [0.25, 0.3) is 5.57 Å². The Balaban J connectivity index is 2.08. The molecule has 3 rings (SSSR count). The lowest BCUT2D eigenvalue weighted by Gasteiger charge is -2.54. The van der Waals surface area contributed by atoms with E-state index in [1.54, 1.807) is 11.1 Å². The Bertz CT molecular complexity index is 549. The predicted molar refractivity (Wildman–Crippen MR) is 87.9 cm³/mol. The smallest absolute Gasteiger partial charge is 0.00391 e. The molecule has 0 bridgehead atoms. The second kappa shape index (κ2) is 4.48. The summed E-state index contributed by atoms with van der Waals surface area (Å²) >= 11 is 0. The summed E-state index contributed by atoms with van der Waals surface area (Å²) in [5.74, 6) is 0.840. The first-order valence-corrected chi connectivity index (χ1v) is 8.14. The number of hydrogen-bond acceptors (Lipinski definition) is 0. The molecule has 0 amide bonds. The number of rotatable bonds is 1. The molecule has 0 radical (unpaired) electrons. The molecule has 20 heavy (non-hydrogen) atoms. The molecule has 0 N–H and O–H groups in total. The molecule has 1 fully saturated rings. The van der Waals surface area contributed by atoms with Crippen molar-refractivity contribution in [1.29, 1.82) is 0 Å². The molecule has 0 aromatic heterocycles. The van der Waals surface area contributed by atoms with Crippen molar-refractivity contribution in [3.8, 4) is 0 Å². The first-order valence-electron chi connectivity index (χ1n) is 8.14. The van der Waals surface area contributed by atoms with Gasteiger partial charge in [0, 0.05) is 0 Å². The van der Waals surface area contributed by atoms with E-state index in [4.69, 9.17) is 0 Å². The summed E-state index contributed by atoms with van der Waals surface area (Å²) in [6.45, 7) is 13.7. The zero-order chi connectivity index (χ0) is 14.5. The highest BCUT2D eigenvalue weighted by molar-refractivity contribution is 5.63. The number of fused-ring (bicyclic) bond motifs is 3. The van der Waals surface area contributed by atoms with Crippen LogP contribution in [0.4, 0.5) is 0 Å². The third-order valence-corrected chi connectivity index (χ3v) is 6.15. The Labute approximate surface area is 124 Å². The molecule has 0 heteroatoms. The Hall–Kier alpha value is -1.04. The highest BCUT2D eigenvalue weighted by Crippen LogP contribution is 2.57. The molecule has 0 aliphatic heterocycles. The van der Waals surface area contributed by atoms with Gasteiger partial charge in [0.1, 0.15) is 0 Å². The highest BCUT2D eigenvalue weighted by atomic mass is 14.5. The molecule has 2 atom stereocenters. The van der Waals surface area contributed by atoms with Crippen LogP contribution < -0.4 is 0 Å². The van der Waals surface area contributed by atoms with Crippen molar-refractivity contribution in [2.24, 2.45) is 11.3 Å². The zero-order valence-corrected chi connectivity index (χ0v) is 13.6. The molecule has 0 saturated heterocycles. The molecular weight excluding hydrogens is 240 g/mol. The molecule has 0 unspecified atom stereocenters. The van der Waals surface area contributed by atoms with Gasteiger partial charge >= 0.3 is 0 Å². The minimum Gasteiger partial charge on any atom is -0.0955 e. The predicted octanol–water partition coefficient (Wildman–Crippen LogP) is 5.75. The van der Waals surface area contributed by atoms with Crippen LogP contribution in [0, 0.1) is 11.3 Å². The minimum absolute atomic E-state index is 0.392. The second-order valence-corrected chi connectivity index (χ2v) is 8.00. The monoisotopic (exact) mass is 268 g/mol. The number of allylic oxidation sites excluding steroid dienone is 1. The fraction of sp³-hybridized carbons (Fsp3) is 0.600. The van der Waals surface area contributed by atoms with Gasteiger partial charge in [-0.25, -0.2) is 0 Å². The van der Waals surface area contributed by atoms with Crippen molar-refractivity contribution in [2.45, 2.75) is 65.2 Å². The Kier molecular flexibility index (Phi) is 3.12. The van der Waals surface area contributed by atoms with Crippen LogP contribution in [0.5, 0.6) is 0 Å². The Morgan fingerprint density at radius 1 is 1.20 bits per heavy atom. The van der Waals surface area contributed by atoms with Crippen molar-refractivity contribution < 1.29 is 0 Å². The summed E-state index contributed by atoms with van der Waals surface area (Å²) in [5, 5.41) is 0. The average Bonchev–Trinajstić information content (AvgIpc) is 2.37. The Morgan fingerprint density at radius 3 is 2.65 bits per heavy atom. The lowest BCUT2D eigenvalue weighted by molar-refractivity contribution is 0.0407. The van der Waals surface area contributed by atoms with Gasteiger partial charge in [0.25, 0.3) is 0 Å². The molecule has 2 aliphatic carbocycles. The summed E-state index contributed by atoms with van der Waals surface area (Å²) in [6, 6.07) is 7.10. The highest BCUT2D eigenvalue weighted by Gasteiger charge is 2.49. The molecule has 0 nitrogen and oxygen atoms in total. The third-order valence-electron chi connectivity index (χ3n) is 6.15. The Morgan fingerprint density at radius 2 is 1.95 bits per heavy atom. The molecule has 0 heterocycles. The summed E-state index contributed by atoms with van der Waals surface area (Å²) in [6.07, 6.45) is 6.74. The average molecular weight is 268 g/mol. The maximum absolute atomic E-state index is 4.10. The van der Waals surface area contributed by atoms with Crippen LogP contribution in [0.1, 0.15) is 70.1 Å². The van der Waals surface area contributed by atoms with Crippen LogP contribution >= 0.6 is 0 Å². The van der Waals surface area contributed by atoms with Crippen molar-refractivity contribution in [3.63, 3.8) is 0 Å². The van der Waals surface area contributed by atoms with Crippen LogP contribution in [-0.4, -0.2) is 0 Å². The third kappa shape index (κ3) is 1.96. The topological polar surface area (TPSA) is 0 Å². The standard InChI is InChI=1S/C20H28/c1-14(2)15-7-9-17-16(13-15)8-10-18-19(3,4)11-6-12-20(17,18)5/h7,9,13,18H,1,6,8,10-12H2,2-5H3/t18-,20+/m0/s1. The van der Waals surface area contributed by atoms with Crippen LogP contribution in [-0.2, 0) is 11.8 Å². The molecular formula is C20H28. The van der Waals surface area contributed by atoms with Crippen LogP contribution in [0.15, 0.2) is 24.8 Å². The van der Waals surface area contributed by atoms with Gasteiger partial charge in [-0.05, 0) is 66.0 Å². The first kappa shape index (κ1) is 13.9. The summed E-state index contributed by atoms with van der Waals surface area (Å²) < 4.78 is 0. The van der Waals surface area contributed by atoms with Crippen molar-refractivity contribution >= 4 is 5.57 Å². The van der Waals surface area contributed by atoms with E-state index in [0.29, 0.717) is 10.8 Å². The summed E-state index contributed by atoms with van der Waals surface area (Å²) in [5.41, 5.74) is 6.61. The van der Waals surface area contributed by atoms with E-state index in [-0.39, 0.29) is 0 Å². The van der Waals surface area contributed by atoms with Gasteiger partial charge in [0.2, 0.25) is 0 Å². The molecule has 108 valence electrons. The molecule has 1 saturated carbocycles. The fourth-order valence-corrected chi connectivity index (χ4v) is 5.08. The number of aryl methyl sites for hydroxylation is 1. The minimum atomic E-state index is 0.392. The maximum Gasteiger partial charge on any atom is -0.00391 e. The van der Waals surface area contributed by atoms with Gasteiger partial charge in [-0.15, -0.1) is 0 Å². The first-order chi connectivity index (χ1) is 9.34. The van der Waals surface area contributed by atoms with Crippen LogP contribution in [0.2, 0.25) is 0 Å². The van der Waals surface area contributed by atoms with E-state index in [0.717, 1.165) is 5.92 Å². The summed E-state index contributed by atoms with van der Waals surface area (Å²) in [4.78, 5) is 0. The number of benzene rings is 1. The van der Waals surface area contributed by atoms with Gasteiger partial charge in [-0.3, -0.25) is 0 Å². The van der Waals surface area contributed by atoms with Gasteiger partial charge in [-0.2, -0.15) is 0 Å². The van der Waals surface area contributed by atoms with E-state index in [1.807, 2.05) is 0 Å². The maximum atomic E-state index is 4.10. The van der Waals surface area contributed by atoms with Crippen molar-refractivity contribution in [1.82, 2.24) is 0 Å². The largest absolute Gasteiger partial charge is 0.0955 e. The molecule has 1 aromatic rings. The molecule has 1 aromatic carbocycles. The van der Waals surface area contributed by atoms with Gasteiger partial charge in [-0.1, -0.05) is 57.5 Å². The SMILES string of the molecule is C=C(C)c1ccc2c(c1)CC[C@H]1C(C)(C)CCC[C@]21C. The second-order valence-electron chi connectivity index (χ2n) is 8.00. The molecule has 2 aliphatic rings. The van der Waals surface area contributed by atoms with E-state index < -0.39 is 0 Å². The lowest BCUT2D eigenvalue weighted by Crippen LogP contribution is -2.47.